The molecule has 1 heterocycles. The van der Waals surface area contributed by atoms with Crippen molar-refractivity contribution in [2.45, 2.75) is 20.1 Å². The molecule has 0 saturated heterocycles. The van der Waals surface area contributed by atoms with Crippen molar-refractivity contribution in [2.75, 3.05) is 7.11 Å². The minimum Gasteiger partial charge on any atom is -0.496 e. The summed E-state index contributed by atoms with van der Waals surface area (Å²) in [6.07, 6.45) is 5.10. The molecular formula is C22H21BrN2O3. The van der Waals surface area contributed by atoms with Crippen molar-refractivity contribution < 1.29 is 14.3 Å². The molecule has 0 fully saturated rings. The van der Waals surface area contributed by atoms with E-state index in [1.807, 2.05) is 49.4 Å². The molecule has 0 atom stereocenters. The number of halogens is 1. The van der Waals surface area contributed by atoms with Crippen LogP contribution in [-0.2, 0) is 13.2 Å². The monoisotopic (exact) mass is 440 g/mol. The molecule has 0 aliphatic heterocycles. The molecule has 6 heteroatoms. The molecule has 1 aromatic heterocycles. The zero-order valence-electron chi connectivity index (χ0n) is 15.8. The van der Waals surface area contributed by atoms with Crippen LogP contribution >= 0.6 is 15.9 Å². The van der Waals surface area contributed by atoms with Gasteiger partial charge in [-0.05, 0) is 55.0 Å². The molecule has 5 nitrogen and oxygen atoms in total. The molecule has 2 aromatic carbocycles. The summed E-state index contributed by atoms with van der Waals surface area (Å²) in [5, 5.41) is 4.23. The number of rotatable bonds is 8. The fourth-order valence-corrected chi connectivity index (χ4v) is 3.04. The Balaban J connectivity index is 1.73. The van der Waals surface area contributed by atoms with E-state index in [-0.39, 0.29) is 5.78 Å². The molecule has 3 aromatic rings. The third-order valence-electron chi connectivity index (χ3n) is 4.14. The number of ether oxygens (including phenoxy) is 2. The summed E-state index contributed by atoms with van der Waals surface area (Å²) in [4.78, 5) is 12.3. The van der Waals surface area contributed by atoms with Crippen molar-refractivity contribution in [3.05, 3.63) is 82.1 Å². The highest BCUT2D eigenvalue weighted by Crippen LogP contribution is 2.24. The first-order valence-electron chi connectivity index (χ1n) is 8.90. The summed E-state index contributed by atoms with van der Waals surface area (Å²) in [6, 6.07) is 15.1. The molecule has 0 radical (unpaired) electrons. The van der Waals surface area contributed by atoms with E-state index in [1.54, 1.807) is 30.1 Å². The van der Waals surface area contributed by atoms with E-state index in [9.17, 15) is 4.79 Å². The molecule has 3 rings (SSSR count). The van der Waals surface area contributed by atoms with Gasteiger partial charge in [0.25, 0.3) is 0 Å². The highest BCUT2D eigenvalue weighted by molar-refractivity contribution is 9.10. The van der Waals surface area contributed by atoms with Gasteiger partial charge in [-0.25, -0.2) is 0 Å². The standard InChI is InChI=1S/C22H21BrN2O3/c1-3-25-12-11-20(24-25)21(26)9-7-16-8-10-22(27-2)17(13-16)15-28-19-6-4-5-18(23)14-19/h4-14H,3,15H2,1-2H3/b9-7+. The molecule has 0 bridgehead atoms. The molecule has 0 saturated carbocycles. The molecule has 144 valence electrons. The van der Waals surface area contributed by atoms with Crippen LogP contribution < -0.4 is 9.47 Å². The lowest BCUT2D eigenvalue weighted by atomic mass is 10.1. The third-order valence-corrected chi connectivity index (χ3v) is 4.63. The van der Waals surface area contributed by atoms with E-state index in [1.165, 1.54) is 6.08 Å². The minimum absolute atomic E-state index is 0.130. The van der Waals surface area contributed by atoms with Crippen LogP contribution in [0.5, 0.6) is 11.5 Å². The molecule has 0 N–H and O–H groups in total. The van der Waals surface area contributed by atoms with Crippen LogP contribution in [0.15, 0.2) is 65.3 Å². The average molecular weight is 441 g/mol. The lowest BCUT2D eigenvalue weighted by molar-refractivity contribution is 0.104. The average Bonchev–Trinajstić information content (AvgIpc) is 3.20. The van der Waals surface area contributed by atoms with Gasteiger partial charge in [-0.1, -0.05) is 34.1 Å². The Morgan fingerprint density at radius 3 is 2.79 bits per heavy atom. The van der Waals surface area contributed by atoms with Gasteiger partial charge in [0, 0.05) is 22.8 Å². The van der Waals surface area contributed by atoms with E-state index in [0.717, 1.165) is 33.6 Å². The van der Waals surface area contributed by atoms with Gasteiger partial charge >= 0.3 is 0 Å². The Morgan fingerprint density at radius 1 is 1.21 bits per heavy atom. The number of allylic oxidation sites excluding steroid dienone is 1. The van der Waals surface area contributed by atoms with Crippen LogP contribution in [0.1, 0.15) is 28.5 Å². The van der Waals surface area contributed by atoms with Gasteiger partial charge in [-0.2, -0.15) is 5.10 Å². The number of benzene rings is 2. The van der Waals surface area contributed by atoms with Gasteiger partial charge in [0.2, 0.25) is 5.78 Å². The molecule has 0 aliphatic carbocycles. The minimum atomic E-state index is -0.130. The number of carbonyl (C=O) groups excluding carboxylic acids is 1. The third kappa shape index (κ3) is 5.10. The normalized spacial score (nSPS) is 11.0. The topological polar surface area (TPSA) is 53.4 Å². The van der Waals surface area contributed by atoms with Crippen molar-refractivity contribution >= 4 is 27.8 Å². The van der Waals surface area contributed by atoms with Crippen LogP contribution in [0.3, 0.4) is 0 Å². The number of hydrogen-bond donors (Lipinski definition) is 0. The van der Waals surface area contributed by atoms with Gasteiger partial charge in [-0.3, -0.25) is 9.48 Å². The summed E-state index contributed by atoms with van der Waals surface area (Å²) in [5.74, 6) is 1.37. The lowest BCUT2D eigenvalue weighted by Gasteiger charge is -2.11. The number of ketones is 1. The van der Waals surface area contributed by atoms with Crippen LogP contribution in [0.4, 0.5) is 0 Å². The van der Waals surface area contributed by atoms with Crippen LogP contribution in [-0.4, -0.2) is 22.7 Å². The lowest BCUT2D eigenvalue weighted by Crippen LogP contribution is -2.00. The van der Waals surface area contributed by atoms with Crippen molar-refractivity contribution in [3.8, 4) is 11.5 Å². The van der Waals surface area contributed by atoms with E-state index in [4.69, 9.17) is 9.47 Å². The molecule has 28 heavy (non-hydrogen) atoms. The van der Waals surface area contributed by atoms with Crippen LogP contribution in [0, 0.1) is 0 Å². The predicted molar refractivity (Wildman–Crippen MR) is 113 cm³/mol. The summed E-state index contributed by atoms with van der Waals surface area (Å²) in [5.41, 5.74) is 2.22. The molecule has 0 spiro atoms. The zero-order valence-corrected chi connectivity index (χ0v) is 17.3. The van der Waals surface area contributed by atoms with Crippen molar-refractivity contribution in [1.29, 1.82) is 0 Å². The Hall–Kier alpha value is -2.86. The fourth-order valence-electron chi connectivity index (χ4n) is 2.66. The summed E-state index contributed by atoms with van der Waals surface area (Å²) < 4.78 is 14.0. The Bertz CT molecular complexity index is 995. The number of aromatic nitrogens is 2. The second kappa shape index (κ2) is 9.37. The van der Waals surface area contributed by atoms with E-state index < -0.39 is 0 Å². The van der Waals surface area contributed by atoms with Gasteiger partial charge in [0.05, 0.1) is 7.11 Å². The first kappa shape index (κ1) is 19.9. The Morgan fingerprint density at radius 2 is 2.07 bits per heavy atom. The van der Waals surface area contributed by atoms with Crippen molar-refractivity contribution in [1.82, 2.24) is 9.78 Å². The number of nitrogens with zero attached hydrogens (tertiary/aromatic N) is 2. The number of carbonyl (C=O) groups is 1. The SMILES string of the molecule is CCn1ccc(C(=O)/C=C/c2ccc(OC)c(COc3cccc(Br)c3)c2)n1. The van der Waals surface area contributed by atoms with Gasteiger partial charge < -0.3 is 9.47 Å². The number of hydrogen-bond acceptors (Lipinski definition) is 4. The second-order valence-corrected chi connectivity index (χ2v) is 6.99. The van der Waals surface area contributed by atoms with Gasteiger partial charge in [0.1, 0.15) is 23.8 Å². The fraction of sp³-hybridized carbons (Fsp3) is 0.182. The molecule has 0 aliphatic rings. The zero-order chi connectivity index (χ0) is 19.9. The molecular weight excluding hydrogens is 420 g/mol. The summed E-state index contributed by atoms with van der Waals surface area (Å²) in [7, 11) is 1.63. The van der Waals surface area contributed by atoms with E-state index in [2.05, 4.69) is 21.0 Å². The summed E-state index contributed by atoms with van der Waals surface area (Å²) >= 11 is 3.44. The molecule has 0 amide bonds. The maximum Gasteiger partial charge on any atom is 0.206 e. The highest BCUT2D eigenvalue weighted by atomic mass is 79.9. The predicted octanol–water partition coefficient (Wildman–Crippen LogP) is 5.15. The van der Waals surface area contributed by atoms with Gasteiger partial charge in [0.15, 0.2) is 0 Å². The van der Waals surface area contributed by atoms with Crippen LogP contribution in [0.2, 0.25) is 0 Å². The Labute approximate surface area is 172 Å². The second-order valence-electron chi connectivity index (χ2n) is 6.07. The van der Waals surface area contributed by atoms with Crippen molar-refractivity contribution in [3.63, 3.8) is 0 Å². The Kier molecular flexibility index (Phi) is 6.66. The quantitative estimate of drug-likeness (QED) is 0.359. The maximum atomic E-state index is 12.3. The van der Waals surface area contributed by atoms with Gasteiger partial charge in [-0.15, -0.1) is 0 Å². The smallest absolute Gasteiger partial charge is 0.206 e. The van der Waals surface area contributed by atoms with Crippen molar-refractivity contribution in [2.24, 2.45) is 0 Å². The largest absolute Gasteiger partial charge is 0.496 e. The number of methoxy groups -OCH3 is 1. The first-order valence-corrected chi connectivity index (χ1v) is 9.69. The molecule has 0 unspecified atom stereocenters. The first-order chi connectivity index (χ1) is 13.6. The highest BCUT2D eigenvalue weighted by Gasteiger charge is 2.08. The van der Waals surface area contributed by atoms with E-state index >= 15 is 0 Å². The van der Waals surface area contributed by atoms with E-state index in [0.29, 0.717) is 12.3 Å². The maximum absolute atomic E-state index is 12.3. The summed E-state index contributed by atoms with van der Waals surface area (Å²) in [6.45, 7) is 3.07. The van der Waals surface area contributed by atoms with Crippen LogP contribution in [0.25, 0.3) is 6.08 Å². The number of aryl methyl sites for hydroxylation is 1.